The SMILES string of the molecule is CC[C@@H]1NC(N)=[N+]2C[C@H](OC(=O)c3cccc(C)c3)C(O)(O)[C@@]23NC(N)=N[C@@H]13. The van der Waals surface area contributed by atoms with Gasteiger partial charge in [0.15, 0.2) is 12.1 Å². The summed E-state index contributed by atoms with van der Waals surface area (Å²) in [4.78, 5) is 17.0. The maximum atomic E-state index is 12.6. The molecule has 0 saturated carbocycles. The summed E-state index contributed by atoms with van der Waals surface area (Å²) in [7, 11) is 0. The first-order valence-electron chi connectivity index (χ1n) is 9.21. The molecule has 1 saturated heterocycles. The smallest absolute Gasteiger partial charge is 0.346 e. The molecule has 0 aromatic heterocycles. The van der Waals surface area contributed by atoms with Crippen LogP contribution in [0.15, 0.2) is 29.3 Å². The van der Waals surface area contributed by atoms with Gasteiger partial charge < -0.3 is 26.0 Å². The van der Waals surface area contributed by atoms with Gasteiger partial charge in [-0.15, -0.1) is 0 Å². The molecule has 1 spiro atoms. The number of nitrogens with zero attached hydrogens (tertiary/aromatic N) is 2. The fourth-order valence-electron chi connectivity index (χ4n) is 4.39. The lowest BCUT2D eigenvalue weighted by Crippen LogP contribution is -2.78. The van der Waals surface area contributed by atoms with Gasteiger partial charge in [-0.2, -0.15) is 0 Å². The Morgan fingerprint density at radius 1 is 1.43 bits per heavy atom. The van der Waals surface area contributed by atoms with Crippen molar-refractivity contribution >= 4 is 17.9 Å². The van der Waals surface area contributed by atoms with Gasteiger partial charge in [0.1, 0.15) is 18.6 Å². The highest BCUT2D eigenvalue weighted by atomic mass is 16.6. The van der Waals surface area contributed by atoms with E-state index in [4.69, 9.17) is 16.2 Å². The maximum Gasteiger partial charge on any atom is 0.346 e. The van der Waals surface area contributed by atoms with E-state index in [2.05, 4.69) is 15.6 Å². The van der Waals surface area contributed by atoms with Crippen LogP contribution >= 0.6 is 0 Å². The molecule has 4 rings (SSSR count). The zero-order chi connectivity index (χ0) is 20.3. The second-order valence-corrected chi connectivity index (χ2v) is 7.50. The highest BCUT2D eigenvalue weighted by Crippen LogP contribution is 2.42. The lowest BCUT2D eigenvalue weighted by atomic mass is 9.85. The molecule has 0 bridgehead atoms. The van der Waals surface area contributed by atoms with Crippen molar-refractivity contribution in [1.82, 2.24) is 10.6 Å². The van der Waals surface area contributed by atoms with Gasteiger partial charge in [-0.05, 0) is 25.5 Å². The first-order valence-corrected chi connectivity index (χ1v) is 9.21. The second-order valence-electron chi connectivity index (χ2n) is 7.50. The third-order valence-corrected chi connectivity index (χ3v) is 5.76. The summed E-state index contributed by atoms with van der Waals surface area (Å²) < 4.78 is 7.04. The van der Waals surface area contributed by atoms with Gasteiger partial charge in [0.25, 0.3) is 5.79 Å². The molecule has 0 amide bonds. The number of nitrogens with two attached hydrogens (primary N) is 2. The minimum absolute atomic E-state index is 0.0356. The quantitative estimate of drug-likeness (QED) is 0.195. The van der Waals surface area contributed by atoms with Crippen molar-refractivity contribution in [2.24, 2.45) is 16.5 Å². The van der Waals surface area contributed by atoms with Crippen molar-refractivity contribution in [3.05, 3.63) is 35.4 Å². The van der Waals surface area contributed by atoms with Crippen LogP contribution in [0, 0.1) is 6.92 Å². The van der Waals surface area contributed by atoms with Crippen LogP contribution in [0.4, 0.5) is 0 Å². The van der Waals surface area contributed by atoms with Crippen LogP contribution in [-0.2, 0) is 4.74 Å². The third-order valence-electron chi connectivity index (χ3n) is 5.76. The Kier molecular flexibility index (Phi) is 4.02. The average molecular weight is 389 g/mol. The number of rotatable bonds is 3. The summed E-state index contributed by atoms with van der Waals surface area (Å²) in [5.74, 6) is -2.83. The van der Waals surface area contributed by atoms with Crippen LogP contribution in [0.5, 0.6) is 0 Å². The Hall–Kier alpha value is -2.85. The predicted molar refractivity (Wildman–Crippen MR) is 100 cm³/mol. The predicted octanol–water partition coefficient (Wildman–Crippen LogP) is -2.09. The normalized spacial score (nSPS) is 32.7. The van der Waals surface area contributed by atoms with Gasteiger partial charge in [-0.1, -0.05) is 24.6 Å². The van der Waals surface area contributed by atoms with E-state index in [-0.39, 0.29) is 24.5 Å². The van der Waals surface area contributed by atoms with E-state index < -0.39 is 29.6 Å². The number of carbonyl (C=O) groups is 1. The number of hydrogen-bond acceptors (Lipinski definition) is 9. The molecule has 0 unspecified atom stereocenters. The van der Waals surface area contributed by atoms with Crippen LogP contribution in [0.2, 0.25) is 0 Å². The van der Waals surface area contributed by atoms with E-state index >= 15 is 0 Å². The van der Waals surface area contributed by atoms with Crippen LogP contribution in [0.1, 0.15) is 29.3 Å². The summed E-state index contributed by atoms with van der Waals surface area (Å²) in [6.07, 6.45) is -0.643. The van der Waals surface area contributed by atoms with Crippen molar-refractivity contribution in [2.45, 2.75) is 49.9 Å². The van der Waals surface area contributed by atoms with Crippen LogP contribution in [0.3, 0.4) is 0 Å². The Bertz CT molecular complexity index is 898. The number of esters is 1. The van der Waals surface area contributed by atoms with E-state index in [0.29, 0.717) is 12.0 Å². The number of aliphatic imine (C=N–C) groups is 1. The van der Waals surface area contributed by atoms with Gasteiger partial charge in [-0.3, -0.25) is 11.1 Å². The number of nitrogens with one attached hydrogen (secondary N) is 2. The van der Waals surface area contributed by atoms with Gasteiger partial charge >= 0.3 is 11.9 Å². The Morgan fingerprint density at radius 3 is 2.86 bits per heavy atom. The minimum atomic E-state index is -2.48. The number of benzene rings is 1. The number of hydrogen-bond donors (Lipinski definition) is 6. The highest BCUT2D eigenvalue weighted by Gasteiger charge is 2.75. The Labute approximate surface area is 161 Å². The zero-order valence-electron chi connectivity index (χ0n) is 15.7. The Balaban J connectivity index is 1.71. The summed E-state index contributed by atoms with van der Waals surface area (Å²) >= 11 is 0. The number of carbonyl (C=O) groups excluding carboxylic acids is 1. The fourth-order valence-corrected chi connectivity index (χ4v) is 4.39. The molecule has 0 radical (unpaired) electrons. The standard InChI is InChI=1S/C18H24N6O4/c1-3-11-13-17(23-15(19)22-13)18(26,27)12(8-24(17)16(20)21-11)28-14(25)10-6-4-5-9(2)7-10/h4-7,11-13,26-27H,3,8H2,1-2H3,(H5,19,20,21,22,23)/p+1/t11-,12-,13-,17-/m0/s1. The van der Waals surface area contributed by atoms with E-state index in [1.165, 1.54) is 4.58 Å². The average Bonchev–Trinajstić information content (AvgIpc) is 3.10. The lowest BCUT2D eigenvalue weighted by molar-refractivity contribution is -0.623. The van der Waals surface area contributed by atoms with E-state index in [1.54, 1.807) is 18.2 Å². The van der Waals surface area contributed by atoms with Crippen LogP contribution < -0.4 is 22.1 Å². The van der Waals surface area contributed by atoms with Gasteiger partial charge in [-0.25, -0.2) is 14.4 Å². The number of aliphatic hydroxyl groups is 2. The number of aryl methyl sites for hydroxylation is 1. The lowest BCUT2D eigenvalue weighted by Gasteiger charge is -2.43. The van der Waals surface area contributed by atoms with Gasteiger partial charge in [0.05, 0.1) is 5.56 Å². The Morgan fingerprint density at radius 2 is 2.18 bits per heavy atom. The molecular weight excluding hydrogens is 364 g/mol. The molecular formula is C18H25N6O4+. The molecule has 28 heavy (non-hydrogen) atoms. The van der Waals surface area contributed by atoms with Gasteiger partial charge in [0, 0.05) is 0 Å². The molecule has 10 nitrogen and oxygen atoms in total. The molecule has 1 aromatic rings. The van der Waals surface area contributed by atoms with Crippen LogP contribution in [-0.4, -0.2) is 68.9 Å². The van der Waals surface area contributed by atoms with Crippen molar-refractivity contribution in [2.75, 3.05) is 6.54 Å². The van der Waals surface area contributed by atoms with E-state index in [0.717, 1.165) is 5.56 Å². The zero-order valence-corrected chi connectivity index (χ0v) is 15.7. The number of ether oxygens (including phenoxy) is 1. The first-order chi connectivity index (χ1) is 13.2. The molecule has 3 aliphatic heterocycles. The molecule has 150 valence electrons. The second kappa shape index (κ2) is 6.08. The van der Waals surface area contributed by atoms with Crippen molar-refractivity contribution in [3.8, 4) is 0 Å². The van der Waals surface area contributed by atoms with Crippen LogP contribution in [0.25, 0.3) is 0 Å². The van der Waals surface area contributed by atoms with E-state index in [9.17, 15) is 15.0 Å². The molecule has 8 N–H and O–H groups in total. The van der Waals surface area contributed by atoms with E-state index in [1.807, 2.05) is 19.9 Å². The summed E-state index contributed by atoms with van der Waals surface area (Å²) in [5.41, 5.74) is 11.7. The first kappa shape index (κ1) is 18.5. The molecule has 0 aliphatic carbocycles. The highest BCUT2D eigenvalue weighted by molar-refractivity contribution is 5.90. The minimum Gasteiger partial charge on any atom is -0.449 e. The van der Waals surface area contributed by atoms with Crippen molar-refractivity contribution in [1.29, 1.82) is 0 Å². The fraction of sp³-hybridized carbons (Fsp3) is 0.500. The summed E-state index contributed by atoms with van der Waals surface area (Å²) in [6, 6.07) is 5.97. The molecule has 4 atom stereocenters. The van der Waals surface area contributed by atoms with Crippen molar-refractivity contribution < 1.29 is 24.3 Å². The molecule has 1 fully saturated rings. The van der Waals surface area contributed by atoms with Gasteiger partial charge in [0.2, 0.25) is 5.66 Å². The molecule has 3 heterocycles. The largest absolute Gasteiger partial charge is 0.449 e. The third kappa shape index (κ3) is 2.38. The molecule has 10 heteroatoms. The monoisotopic (exact) mass is 389 g/mol. The molecule has 3 aliphatic rings. The topological polar surface area (TPSA) is 158 Å². The molecule has 1 aromatic carbocycles. The summed E-state index contributed by atoms with van der Waals surface area (Å²) in [5, 5.41) is 28.3. The summed E-state index contributed by atoms with van der Waals surface area (Å²) in [6.45, 7) is 3.75. The maximum absolute atomic E-state index is 12.6. The number of guanidine groups is 2. The van der Waals surface area contributed by atoms with Crippen molar-refractivity contribution in [3.63, 3.8) is 0 Å².